The van der Waals surface area contributed by atoms with Gasteiger partial charge in [0.15, 0.2) is 5.57 Å². The lowest BCUT2D eigenvalue weighted by Gasteiger charge is -2.06. The van der Waals surface area contributed by atoms with E-state index in [2.05, 4.69) is 16.6 Å². The maximum atomic E-state index is 13.0. The van der Waals surface area contributed by atoms with Crippen LogP contribution in [0.15, 0.2) is 41.7 Å². The second kappa shape index (κ2) is 11.8. The zero-order valence-electron chi connectivity index (χ0n) is 16.8. The molecule has 164 valence electrons. The molecule has 2 aromatic rings. The monoisotopic (exact) mass is 449 g/mol. The summed E-state index contributed by atoms with van der Waals surface area (Å²) < 4.78 is 36.6. The highest BCUT2D eigenvalue weighted by Crippen LogP contribution is 2.20. The molecule has 0 radical (unpaired) electrons. The van der Waals surface area contributed by atoms with Gasteiger partial charge in [-0.3, -0.25) is 14.2 Å². The summed E-state index contributed by atoms with van der Waals surface area (Å²) in [5, 5.41) is 12.1. The number of nitrogens with one attached hydrogen (secondary N) is 1. The molecule has 0 aliphatic rings. The Labute approximate surface area is 181 Å². The lowest BCUT2D eigenvalue weighted by Crippen LogP contribution is -2.35. The number of thiazole rings is 1. The molecule has 1 aromatic carbocycles. The first-order valence-electron chi connectivity index (χ1n) is 9.20. The first-order chi connectivity index (χ1) is 14.9. The van der Waals surface area contributed by atoms with Gasteiger partial charge < -0.3 is 14.8 Å². The number of alkyl halides is 2. The Bertz CT molecular complexity index is 1150. The first kappa shape index (κ1) is 24.0. The molecule has 0 aliphatic heterocycles. The van der Waals surface area contributed by atoms with Crippen LogP contribution in [0.3, 0.4) is 0 Å². The molecule has 2 rings (SSSR count). The van der Waals surface area contributed by atoms with Crippen LogP contribution in [0.1, 0.15) is 12.0 Å². The minimum atomic E-state index is -3.02. The molecule has 7 nitrogen and oxygen atoms in total. The van der Waals surface area contributed by atoms with E-state index in [9.17, 15) is 23.6 Å². The van der Waals surface area contributed by atoms with Crippen molar-refractivity contribution in [3.05, 3.63) is 62.0 Å². The minimum Gasteiger partial charge on any atom is -0.434 e. The van der Waals surface area contributed by atoms with Gasteiger partial charge in [-0.05, 0) is 18.6 Å². The molecule has 0 saturated carbocycles. The van der Waals surface area contributed by atoms with E-state index in [4.69, 9.17) is 4.74 Å². The summed E-state index contributed by atoms with van der Waals surface area (Å²) in [6.45, 7) is 1.22. The number of nitrogens with zero attached hydrogens (tertiary/aromatic N) is 2. The predicted molar refractivity (Wildman–Crippen MR) is 113 cm³/mol. The third-order valence-corrected chi connectivity index (χ3v) is 5.15. The first-order valence-corrected chi connectivity index (χ1v) is 10.0. The fourth-order valence-corrected chi connectivity index (χ4v) is 3.79. The van der Waals surface area contributed by atoms with Crippen LogP contribution in [-0.2, 0) is 16.1 Å². The Hall–Kier alpha value is -3.29. The summed E-state index contributed by atoms with van der Waals surface area (Å²) in [5.74, 6) is -0.733. The molecule has 0 atom stereocenters. The Morgan fingerprint density at radius 1 is 1.42 bits per heavy atom. The van der Waals surface area contributed by atoms with Gasteiger partial charge >= 0.3 is 6.61 Å². The zero-order valence-corrected chi connectivity index (χ0v) is 17.6. The highest BCUT2D eigenvalue weighted by Gasteiger charge is 2.16. The summed E-state index contributed by atoms with van der Waals surface area (Å²) >= 11 is 0.926. The maximum Gasteiger partial charge on any atom is 0.387 e. The molecule has 1 aromatic heterocycles. The third-order valence-electron chi connectivity index (χ3n) is 4.02. The summed E-state index contributed by atoms with van der Waals surface area (Å²) in [7, 11) is 1.52. The summed E-state index contributed by atoms with van der Waals surface area (Å²) in [5.41, 5.74) is -0.406. The Kier molecular flexibility index (Phi) is 9.12. The Balaban J connectivity index is 2.71. The van der Waals surface area contributed by atoms with E-state index in [0.29, 0.717) is 13.0 Å². The number of carbonyl (C=O) groups excluding carboxylic acids is 1. The van der Waals surface area contributed by atoms with Gasteiger partial charge in [0.05, 0.1) is 4.53 Å². The normalized spacial score (nSPS) is 12.4. The van der Waals surface area contributed by atoms with Crippen molar-refractivity contribution in [2.24, 2.45) is 0 Å². The zero-order chi connectivity index (χ0) is 22.8. The molecular formula is C21H21F2N3O4S. The fraction of sp³-hybridized carbons (Fsp3) is 0.286. The van der Waals surface area contributed by atoms with Crippen LogP contribution in [0.5, 0.6) is 5.75 Å². The van der Waals surface area contributed by atoms with Gasteiger partial charge in [0.25, 0.3) is 11.5 Å². The number of aromatic nitrogens is 1. The molecule has 1 N–H and O–H groups in total. The number of hydrogen-bond donors (Lipinski definition) is 1. The second-order valence-electron chi connectivity index (χ2n) is 6.12. The average Bonchev–Trinajstić information content (AvgIpc) is 3.03. The minimum absolute atomic E-state index is 0.0917. The molecule has 1 amide bonds. The van der Waals surface area contributed by atoms with Crippen molar-refractivity contribution in [3.63, 3.8) is 0 Å². The lowest BCUT2D eigenvalue weighted by molar-refractivity contribution is -0.115. The maximum absolute atomic E-state index is 13.0. The number of hydrogen-bond acceptors (Lipinski definition) is 6. The average molecular weight is 449 g/mol. The number of ether oxygens (including phenoxy) is 2. The van der Waals surface area contributed by atoms with Gasteiger partial charge in [-0.1, -0.05) is 24.3 Å². The molecule has 31 heavy (non-hydrogen) atoms. The number of halogens is 2. The number of carbonyl (C=O) groups is 1. The van der Waals surface area contributed by atoms with Gasteiger partial charge in [0.1, 0.15) is 16.5 Å². The van der Waals surface area contributed by atoms with Crippen molar-refractivity contribution in [3.8, 4) is 11.8 Å². The number of benzene rings is 1. The molecule has 0 fully saturated rings. The van der Waals surface area contributed by atoms with E-state index in [1.165, 1.54) is 42.0 Å². The summed E-state index contributed by atoms with van der Waals surface area (Å²) in [6, 6.07) is 7.89. The van der Waals surface area contributed by atoms with Gasteiger partial charge in [-0.2, -0.15) is 14.0 Å². The summed E-state index contributed by atoms with van der Waals surface area (Å²) in [4.78, 5) is 25.4. The molecule has 1 heterocycles. The van der Waals surface area contributed by atoms with Crippen LogP contribution in [0.25, 0.3) is 11.6 Å². The van der Waals surface area contributed by atoms with Crippen molar-refractivity contribution < 1.29 is 23.0 Å². The highest BCUT2D eigenvalue weighted by atomic mass is 32.1. The number of nitriles is 1. The third kappa shape index (κ3) is 6.34. The molecule has 0 unspecified atom stereocenters. The second-order valence-corrected chi connectivity index (χ2v) is 7.15. The highest BCUT2D eigenvalue weighted by molar-refractivity contribution is 7.07. The predicted octanol–water partition coefficient (Wildman–Crippen LogP) is 1.35. The smallest absolute Gasteiger partial charge is 0.387 e. The van der Waals surface area contributed by atoms with Crippen molar-refractivity contribution in [2.45, 2.75) is 19.6 Å². The molecule has 0 spiro atoms. The number of rotatable bonds is 10. The van der Waals surface area contributed by atoms with Crippen LogP contribution in [0.2, 0.25) is 0 Å². The van der Waals surface area contributed by atoms with Gasteiger partial charge in [0.2, 0.25) is 0 Å². The van der Waals surface area contributed by atoms with Crippen molar-refractivity contribution in [1.82, 2.24) is 9.88 Å². The van der Waals surface area contributed by atoms with Crippen LogP contribution in [-0.4, -0.2) is 37.3 Å². The number of amides is 1. The van der Waals surface area contributed by atoms with E-state index in [1.807, 2.05) is 6.07 Å². The van der Waals surface area contributed by atoms with Crippen LogP contribution in [0, 0.1) is 11.3 Å². The molecular weight excluding hydrogens is 428 g/mol. The van der Waals surface area contributed by atoms with E-state index in [1.54, 1.807) is 6.07 Å². The van der Waals surface area contributed by atoms with Crippen molar-refractivity contribution in [2.75, 3.05) is 20.3 Å². The topological polar surface area (TPSA) is 93.4 Å². The molecule has 0 bridgehead atoms. The molecule has 0 saturated heterocycles. The summed E-state index contributed by atoms with van der Waals surface area (Å²) in [6.07, 6.45) is 3.33. The fourth-order valence-electron chi connectivity index (χ4n) is 2.67. The van der Waals surface area contributed by atoms with Gasteiger partial charge in [-0.25, -0.2) is 0 Å². The molecule has 10 heteroatoms. The lowest BCUT2D eigenvalue weighted by atomic mass is 10.2. The largest absolute Gasteiger partial charge is 0.434 e. The number of methoxy groups -OCH3 is 1. The van der Waals surface area contributed by atoms with E-state index in [-0.39, 0.29) is 39.2 Å². The Morgan fingerprint density at radius 3 is 2.81 bits per heavy atom. The van der Waals surface area contributed by atoms with Gasteiger partial charge in [0, 0.05) is 32.4 Å². The van der Waals surface area contributed by atoms with E-state index in [0.717, 1.165) is 11.3 Å². The SMILES string of the molecule is C=CCNC(=O)/C(C#N)=c1\s/c(=C/c2ccccc2OC(F)F)c(=O)n1CCCOC. The number of para-hydroxylation sites is 1. The van der Waals surface area contributed by atoms with Crippen LogP contribution >= 0.6 is 11.3 Å². The van der Waals surface area contributed by atoms with E-state index >= 15 is 0 Å². The van der Waals surface area contributed by atoms with Crippen molar-refractivity contribution >= 4 is 28.9 Å². The van der Waals surface area contributed by atoms with Crippen LogP contribution in [0.4, 0.5) is 8.78 Å². The molecule has 0 aliphatic carbocycles. The van der Waals surface area contributed by atoms with E-state index < -0.39 is 18.1 Å². The quantitative estimate of drug-likeness (QED) is 0.437. The van der Waals surface area contributed by atoms with Crippen molar-refractivity contribution in [1.29, 1.82) is 5.26 Å². The Morgan fingerprint density at radius 2 is 2.16 bits per heavy atom. The standard InChI is InChI=1S/C21H21F2N3O4S/c1-3-9-25-18(27)15(13-24)20-26(10-6-11-29-2)19(28)17(31-20)12-14-7-4-5-8-16(14)30-21(22)23/h3-5,7-8,12,21H,1,6,9-11H2,2H3,(H,25,27)/b17-12+,20-15-. The van der Waals surface area contributed by atoms with Gasteiger partial charge in [-0.15, -0.1) is 17.9 Å². The van der Waals surface area contributed by atoms with Crippen LogP contribution < -0.4 is 24.8 Å².